The summed E-state index contributed by atoms with van der Waals surface area (Å²) in [6.45, 7) is 3.82. The highest BCUT2D eigenvalue weighted by molar-refractivity contribution is 7.89. The number of hydrogen-bond donors (Lipinski definition) is 0. The number of aryl methyl sites for hydroxylation is 1. The second kappa shape index (κ2) is 6.58. The van der Waals surface area contributed by atoms with E-state index in [0.29, 0.717) is 6.42 Å². The second-order valence-corrected chi connectivity index (χ2v) is 7.46. The Kier molecular flexibility index (Phi) is 4.98. The largest absolute Gasteiger partial charge is 0.245 e. The van der Waals surface area contributed by atoms with Crippen molar-refractivity contribution in [1.82, 2.24) is 4.31 Å². The molecule has 0 amide bonds. The zero-order valence-corrected chi connectivity index (χ0v) is 13.8. The Labute approximate surface area is 131 Å². The number of sulfonamides is 1. The molecule has 0 saturated carbocycles. The highest BCUT2D eigenvalue weighted by Crippen LogP contribution is 2.21. The van der Waals surface area contributed by atoms with Crippen LogP contribution in [0.1, 0.15) is 18.1 Å². The molecule has 0 radical (unpaired) electrons. The Morgan fingerprint density at radius 3 is 2.27 bits per heavy atom. The molecule has 0 heterocycles. The van der Waals surface area contributed by atoms with Gasteiger partial charge in [-0.2, -0.15) is 4.31 Å². The fraction of sp³-hybridized carbons (Fsp3) is 0.294. The van der Waals surface area contributed by atoms with Crippen molar-refractivity contribution in [2.24, 2.45) is 0 Å². The number of benzene rings is 2. The van der Waals surface area contributed by atoms with Crippen LogP contribution in [0.5, 0.6) is 0 Å². The fourth-order valence-electron chi connectivity index (χ4n) is 2.24. The third kappa shape index (κ3) is 3.54. The summed E-state index contributed by atoms with van der Waals surface area (Å²) in [7, 11) is -2.35. The molecule has 3 nitrogen and oxygen atoms in total. The quantitative estimate of drug-likeness (QED) is 0.846. The molecule has 0 N–H and O–H groups in total. The van der Waals surface area contributed by atoms with Gasteiger partial charge in [-0.15, -0.1) is 0 Å². The normalized spacial score (nSPS) is 13.3. The van der Waals surface area contributed by atoms with Crippen LogP contribution in [0, 0.1) is 12.7 Å². The molecule has 0 fully saturated rings. The zero-order chi connectivity index (χ0) is 16.3. The Morgan fingerprint density at radius 1 is 1.09 bits per heavy atom. The summed E-state index contributed by atoms with van der Waals surface area (Å²) in [5.74, 6) is -0.725. The first-order valence-corrected chi connectivity index (χ1v) is 8.54. The molecule has 0 aliphatic heterocycles. The van der Waals surface area contributed by atoms with Crippen molar-refractivity contribution in [2.45, 2.75) is 31.2 Å². The average Bonchev–Trinajstić information content (AvgIpc) is 2.49. The molecule has 118 valence electrons. The van der Waals surface area contributed by atoms with E-state index in [9.17, 15) is 12.8 Å². The molecule has 1 unspecified atom stereocenters. The lowest BCUT2D eigenvalue weighted by Crippen LogP contribution is -2.36. The van der Waals surface area contributed by atoms with Gasteiger partial charge in [0.1, 0.15) is 10.7 Å². The number of nitrogens with zero attached hydrogens (tertiary/aromatic N) is 1. The average molecular weight is 321 g/mol. The lowest BCUT2D eigenvalue weighted by molar-refractivity contribution is 0.384. The van der Waals surface area contributed by atoms with Gasteiger partial charge in [0.2, 0.25) is 10.0 Å². The van der Waals surface area contributed by atoms with Crippen LogP contribution >= 0.6 is 0 Å². The second-order valence-electron chi connectivity index (χ2n) is 5.49. The molecule has 2 rings (SSSR count). The molecular formula is C17H20FNO2S. The van der Waals surface area contributed by atoms with Gasteiger partial charge in [0.25, 0.3) is 0 Å². The monoisotopic (exact) mass is 321 g/mol. The predicted molar refractivity (Wildman–Crippen MR) is 85.7 cm³/mol. The van der Waals surface area contributed by atoms with Crippen molar-refractivity contribution in [3.63, 3.8) is 0 Å². The smallest absolute Gasteiger partial charge is 0.207 e. The third-order valence-electron chi connectivity index (χ3n) is 3.77. The van der Waals surface area contributed by atoms with Gasteiger partial charge >= 0.3 is 0 Å². The summed E-state index contributed by atoms with van der Waals surface area (Å²) in [6, 6.07) is 13.1. The first kappa shape index (κ1) is 16.6. The fourth-order valence-corrected chi connectivity index (χ4v) is 3.66. The van der Waals surface area contributed by atoms with E-state index in [0.717, 1.165) is 17.2 Å². The molecule has 0 spiro atoms. The Morgan fingerprint density at radius 2 is 1.68 bits per heavy atom. The summed E-state index contributed by atoms with van der Waals surface area (Å²) in [6.07, 6.45) is 0.574. The summed E-state index contributed by atoms with van der Waals surface area (Å²) in [5.41, 5.74) is 2.21. The van der Waals surface area contributed by atoms with Crippen LogP contribution in [0.2, 0.25) is 0 Å². The highest BCUT2D eigenvalue weighted by atomic mass is 32.2. The van der Waals surface area contributed by atoms with Gasteiger partial charge in [0, 0.05) is 13.1 Å². The van der Waals surface area contributed by atoms with Crippen molar-refractivity contribution in [3.8, 4) is 0 Å². The number of likely N-dealkylation sites (N-methyl/N-ethyl adjacent to an activating group) is 1. The van der Waals surface area contributed by atoms with E-state index in [1.54, 1.807) is 0 Å². The summed E-state index contributed by atoms with van der Waals surface area (Å²) in [5, 5.41) is 0. The Bertz CT molecular complexity index is 742. The minimum atomic E-state index is -3.84. The molecule has 0 bridgehead atoms. The maximum atomic E-state index is 13.8. The first-order valence-electron chi connectivity index (χ1n) is 7.10. The van der Waals surface area contributed by atoms with Crippen LogP contribution in [0.4, 0.5) is 4.39 Å². The highest BCUT2D eigenvalue weighted by Gasteiger charge is 2.27. The SMILES string of the molecule is Cc1ccc(CC(C)N(C)S(=O)(=O)c2ccccc2F)cc1. The van der Waals surface area contributed by atoms with Crippen LogP contribution < -0.4 is 0 Å². The standard InChI is InChI=1S/C17H20FNO2S/c1-13-8-10-15(11-9-13)12-14(2)19(3)22(20,21)17-7-5-4-6-16(17)18/h4-11,14H,12H2,1-3H3. The molecule has 0 aromatic heterocycles. The minimum Gasteiger partial charge on any atom is -0.207 e. The molecule has 2 aromatic rings. The summed E-state index contributed by atoms with van der Waals surface area (Å²) < 4.78 is 40.1. The topological polar surface area (TPSA) is 37.4 Å². The van der Waals surface area contributed by atoms with Crippen LogP contribution in [-0.4, -0.2) is 25.8 Å². The van der Waals surface area contributed by atoms with E-state index in [1.807, 2.05) is 38.1 Å². The number of rotatable bonds is 5. The molecule has 0 saturated heterocycles. The molecule has 0 aliphatic carbocycles. The lowest BCUT2D eigenvalue weighted by atomic mass is 10.1. The van der Waals surface area contributed by atoms with E-state index in [-0.39, 0.29) is 10.9 Å². The molecule has 2 aromatic carbocycles. The maximum Gasteiger partial charge on any atom is 0.245 e. The van der Waals surface area contributed by atoms with E-state index in [1.165, 1.54) is 29.6 Å². The van der Waals surface area contributed by atoms with Crippen molar-refractivity contribution < 1.29 is 12.8 Å². The lowest BCUT2D eigenvalue weighted by Gasteiger charge is -2.24. The molecular weight excluding hydrogens is 301 g/mol. The van der Waals surface area contributed by atoms with E-state index < -0.39 is 15.8 Å². The van der Waals surface area contributed by atoms with Crippen LogP contribution in [-0.2, 0) is 16.4 Å². The van der Waals surface area contributed by atoms with Crippen molar-refractivity contribution in [2.75, 3.05) is 7.05 Å². The number of hydrogen-bond acceptors (Lipinski definition) is 2. The van der Waals surface area contributed by atoms with Gasteiger partial charge in [0.05, 0.1) is 0 Å². The third-order valence-corrected chi connectivity index (χ3v) is 5.77. The van der Waals surface area contributed by atoms with Crippen LogP contribution in [0.3, 0.4) is 0 Å². The van der Waals surface area contributed by atoms with Crippen LogP contribution in [0.25, 0.3) is 0 Å². The molecule has 22 heavy (non-hydrogen) atoms. The molecule has 1 atom stereocenters. The predicted octanol–water partition coefficient (Wildman–Crippen LogP) is 3.39. The Balaban J connectivity index is 2.21. The van der Waals surface area contributed by atoms with Gasteiger partial charge in [-0.25, -0.2) is 12.8 Å². The number of halogens is 1. The van der Waals surface area contributed by atoms with Gasteiger partial charge in [-0.05, 0) is 38.0 Å². The van der Waals surface area contributed by atoms with Crippen molar-refractivity contribution >= 4 is 10.0 Å². The first-order chi connectivity index (χ1) is 10.3. The van der Waals surface area contributed by atoms with Gasteiger partial charge in [-0.1, -0.05) is 42.0 Å². The summed E-state index contributed by atoms with van der Waals surface area (Å²) >= 11 is 0. The Hall–Kier alpha value is -1.72. The van der Waals surface area contributed by atoms with Gasteiger partial charge in [-0.3, -0.25) is 0 Å². The zero-order valence-electron chi connectivity index (χ0n) is 13.0. The van der Waals surface area contributed by atoms with Crippen molar-refractivity contribution in [1.29, 1.82) is 0 Å². The van der Waals surface area contributed by atoms with Crippen molar-refractivity contribution in [3.05, 3.63) is 65.5 Å². The van der Waals surface area contributed by atoms with E-state index >= 15 is 0 Å². The maximum absolute atomic E-state index is 13.8. The van der Waals surface area contributed by atoms with Crippen LogP contribution in [0.15, 0.2) is 53.4 Å². The van der Waals surface area contributed by atoms with E-state index in [4.69, 9.17) is 0 Å². The van der Waals surface area contributed by atoms with Gasteiger partial charge in [0.15, 0.2) is 0 Å². The molecule has 0 aliphatic rings. The van der Waals surface area contributed by atoms with Gasteiger partial charge < -0.3 is 0 Å². The summed E-state index contributed by atoms with van der Waals surface area (Å²) in [4.78, 5) is -0.284. The van der Waals surface area contributed by atoms with E-state index in [2.05, 4.69) is 0 Å². The molecule has 5 heteroatoms. The minimum absolute atomic E-state index is 0.271.